The molecule has 0 N–H and O–H groups in total. The molecule has 0 saturated carbocycles. The predicted molar refractivity (Wildman–Crippen MR) is 58.0 cm³/mol. The maximum atomic E-state index is 12.5. The van der Waals surface area contributed by atoms with E-state index in [1.165, 1.54) is 12.5 Å². The molecule has 0 unspecified atom stereocenters. The first-order valence-corrected chi connectivity index (χ1v) is 5.35. The van der Waals surface area contributed by atoms with Gasteiger partial charge in [-0.05, 0) is 6.42 Å². The van der Waals surface area contributed by atoms with Crippen LogP contribution in [0.5, 0.6) is 0 Å². The minimum atomic E-state index is -4.30. The van der Waals surface area contributed by atoms with Crippen molar-refractivity contribution in [2.45, 2.75) is 26.1 Å². The number of alkyl halides is 3. The van der Waals surface area contributed by atoms with Crippen LogP contribution in [-0.2, 0) is 13.0 Å². The van der Waals surface area contributed by atoms with Crippen LogP contribution in [-0.4, -0.2) is 20.7 Å². The first kappa shape index (κ1) is 12.2. The molecule has 0 aliphatic rings. The Balaban J connectivity index is 2.67. The number of aromatic nitrogens is 3. The van der Waals surface area contributed by atoms with Gasteiger partial charge in [-0.25, -0.2) is 9.97 Å². The molecular weight excluding hydrogens is 255 g/mol. The Morgan fingerprint density at radius 2 is 2.12 bits per heavy atom. The van der Waals surface area contributed by atoms with Crippen LogP contribution in [0, 0.1) is 0 Å². The lowest BCUT2D eigenvalue weighted by Gasteiger charge is -2.11. The van der Waals surface area contributed by atoms with Crippen LogP contribution < -0.4 is 0 Å². The third kappa shape index (κ3) is 2.22. The van der Waals surface area contributed by atoms with E-state index in [4.69, 9.17) is 11.6 Å². The number of hydrogen-bond donors (Lipinski definition) is 0. The third-order valence-electron chi connectivity index (χ3n) is 2.43. The monoisotopic (exact) mass is 263 g/mol. The third-order valence-corrected chi connectivity index (χ3v) is 2.86. The van der Waals surface area contributed by atoms with Gasteiger partial charge in [-0.3, -0.25) is 0 Å². The SMILES string of the molecule is CCc1c(Cl)c2cncnc2n1CC(F)(F)F. The highest BCUT2D eigenvalue weighted by Gasteiger charge is 2.31. The predicted octanol–water partition coefficient (Wildman–Crippen LogP) is 3.21. The Morgan fingerprint density at radius 1 is 1.41 bits per heavy atom. The molecular formula is C10H9ClF3N3. The maximum Gasteiger partial charge on any atom is 0.406 e. The molecule has 0 saturated heterocycles. The first-order chi connectivity index (χ1) is 7.94. The van der Waals surface area contributed by atoms with Crippen molar-refractivity contribution in [3.8, 4) is 0 Å². The number of halogens is 4. The van der Waals surface area contributed by atoms with Gasteiger partial charge in [0, 0.05) is 11.9 Å². The smallest absolute Gasteiger partial charge is 0.319 e. The number of fused-ring (bicyclic) bond motifs is 1. The molecule has 7 heteroatoms. The lowest BCUT2D eigenvalue weighted by Crippen LogP contribution is -2.19. The zero-order valence-corrected chi connectivity index (χ0v) is 9.68. The zero-order chi connectivity index (χ0) is 12.6. The minimum absolute atomic E-state index is 0.221. The van der Waals surface area contributed by atoms with E-state index < -0.39 is 12.7 Å². The van der Waals surface area contributed by atoms with E-state index in [0.717, 1.165) is 4.57 Å². The maximum absolute atomic E-state index is 12.5. The fraction of sp³-hybridized carbons (Fsp3) is 0.400. The Hall–Kier alpha value is -1.30. The molecule has 0 fully saturated rings. The zero-order valence-electron chi connectivity index (χ0n) is 8.92. The summed E-state index contributed by atoms with van der Waals surface area (Å²) in [5.74, 6) is 0. The topological polar surface area (TPSA) is 30.7 Å². The molecule has 0 aromatic carbocycles. The van der Waals surface area contributed by atoms with E-state index in [0.29, 0.717) is 22.5 Å². The Morgan fingerprint density at radius 3 is 2.71 bits per heavy atom. The van der Waals surface area contributed by atoms with Crippen molar-refractivity contribution in [1.82, 2.24) is 14.5 Å². The quantitative estimate of drug-likeness (QED) is 0.833. The summed E-state index contributed by atoms with van der Waals surface area (Å²) < 4.78 is 38.6. The van der Waals surface area contributed by atoms with Crippen molar-refractivity contribution in [1.29, 1.82) is 0 Å². The van der Waals surface area contributed by atoms with Gasteiger partial charge in [0.1, 0.15) is 18.5 Å². The summed E-state index contributed by atoms with van der Waals surface area (Å²) in [6, 6.07) is 0. The van der Waals surface area contributed by atoms with Gasteiger partial charge >= 0.3 is 6.18 Å². The van der Waals surface area contributed by atoms with Crippen LogP contribution in [0.2, 0.25) is 5.02 Å². The molecule has 0 spiro atoms. The highest BCUT2D eigenvalue weighted by atomic mass is 35.5. The molecule has 2 aromatic rings. The standard InChI is InChI=1S/C10H9ClF3N3/c1-2-7-8(11)6-3-15-5-16-9(6)17(7)4-10(12,13)14/h3,5H,2,4H2,1H3. The molecule has 17 heavy (non-hydrogen) atoms. The van der Waals surface area contributed by atoms with Gasteiger partial charge < -0.3 is 4.57 Å². The largest absolute Gasteiger partial charge is 0.406 e. The van der Waals surface area contributed by atoms with Crippen LogP contribution in [0.3, 0.4) is 0 Å². The van der Waals surface area contributed by atoms with Gasteiger partial charge in [-0.15, -0.1) is 0 Å². The minimum Gasteiger partial charge on any atom is -0.319 e. The molecule has 0 aliphatic heterocycles. The summed E-state index contributed by atoms with van der Waals surface area (Å²) in [4.78, 5) is 7.63. The Labute approximate surface area is 100 Å². The summed E-state index contributed by atoms with van der Waals surface area (Å²) in [6.07, 6.45) is -1.25. The van der Waals surface area contributed by atoms with Crippen molar-refractivity contribution in [2.75, 3.05) is 0 Å². The summed E-state index contributed by atoms with van der Waals surface area (Å²) in [5, 5.41) is 0.752. The van der Waals surface area contributed by atoms with E-state index >= 15 is 0 Å². The van der Waals surface area contributed by atoms with Crippen molar-refractivity contribution >= 4 is 22.6 Å². The average molecular weight is 264 g/mol. The second-order valence-electron chi connectivity index (χ2n) is 3.58. The summed E-state index contributed by atoms with van der Waals surface area (Å²) in [6.45, 7) is 0.663. The molecule has 0 atom stereocenters. The molecule has 92 valence electrons. The molecule has 2 heterocycles. The second kappa shape index (κ2) is 4.18. The van der Waals surface area contributed by atoms with Crippen LogP contribution in [0.25, 0.3) is 11.0 Å². The number of nitrogens with zero attached hydrogens (tertiary/aromatic N) is 3. The van der Waals surface area contributed by atoms with Crippen molar-refractivity contribution in [3.05, 3.63) is 23.2 Å². The molecule has 0 radical (unpaired) electrons. The van der Waals surface area contributed by atoms with E-state index in [9.17, 15) is 13.2 Å². The lowest BCUT2D eigenvalue weighted by molar-refractivity contribution is -0.140. The van der Waals surface area contributed by atoms with Gasteiger partial charge in [0.25, 0.3) is 0 Å². The first-order valence-electron chi connectivity index (χ1n) is 4.97. The van der Waals surface area contributed by atoms with E-state index in [2.05, 4.69) is 9.97 Å². The van der Waals surface area contributed by atoms with Gasteiger partial charge in [0.2, 0.25) is 0 Å². The Kier molecular flexibility index (Phi) is 2.99. The molecule has 3 nitrogen and oxygen atoms in total. The normalized spacial score (nSPS) is 12.3. The number of rotatable bonds is 2. The molecule has 0 aliphatic carbocycles. The molecule has 0 amide bonds. The fourth-order valence-electron chi connectivity index (χ4n) is 1.79. The highest BCUT2D eigenvalue weighted by molar-refractivity contribution is 6.36. The summed E-state index contributed by atoms with van der Waals surface area (Å²) >= 11 is 6.02. The second-order valence-corrected chi connectivity index (χ2v) is 3.95. The van der Waals surface area contributed by atoms with Crippen LogP contribution >= 0.6 is 11.6 Å². The van der Waals surface area contributed by atoms with Gasteiger partial charge in [0.15, 0.2) is 0 Å². The van der Waals surface area contributed by atoms with E-state index in [-0.39, 0.29) is 5.65 Å². The molecule has 2 rings (SSSR count). The molecule has 2 aromatic heterocycles. The van der Waals surface area contributed by atoms with E-state index in [1.807, 2.05) is 0 Å². The lowest BCUT2D eigenvalue weighted by atomic mass is 10.3. The average Bonchev–Trinajstić information content (AvgIpc) is 2.51. The Bertz CT molecular complexity index is 547. The van der Waals surface area contributed by atoms with Crippen molar-refractivity contribution in [2.24, 2.45) is 0 Å². The van der Waals surface area contributed by atoms with Gasteiger partial charge in [-0.2, -0.15) is 13.2 Å². The van der Waals surface area contributed by atoms with Crippen LogP contribution in [0.15, 0.2) is 12.5 Å². The van der Waals surface area contributed by atoms with Crippen LogP contribution in [0.1, 0.15) is 12.6 Å². The highest BCUT2D eigenvalue weighted by Crippen LogP contribution is 2.31. The van der Waals surface area contributed by atoms with Crippen LogP contribution in [0.4, 0.5) is 13.2 Å². The van der Waals surface area contributed by atoms with E-state index in [1.54, 1.807) is 6.92 Å². The summed E-state index contributed by atoms with van der Waals surface area (Å²) in [5.41, 5.74) is 0.652. The van der Waals surface area contributed by atoms with Crippen molar-refractivity contribution < 1.29 is 13.2 Å². The fourth-order valence-corrected chi connectivity index (χ4v) is 2.16. The van der Waals surface area contributed by atoms with Gasteiger partial charge in [0.05, 0.1) is 10.4 Å². The number of hydrogen-bond acceptors (Lipinski definition) is 2. The van der Waals surface area contributed by atoms with Gasteiger partial charge in [-0.1, -0.05) is 18.5 Å². The van der Waals surface area contributed by atoms with Crippen molar-refractivity contribution in [3.63, 3.8) is 0 Å². The molecule has 0 bridgehead atoms. The summed E-state index contributed by atoms with van der Waals surface area (Å²) in [7, 11) is 0.